The van der Waals surface area contributed by atoms with E-state index >= 15 is 0 Å². The van der Waals surface area contributed by atoms with Gasteiger partial charge in [0.2, 0.25) is 0 Å². The van der Waals surface area contributed by atoms with Gasteiger partial charge in [-0.1, -0.05) is 0 Å². The van der Waals surface area contributed by atoms with Crippen LogP contribution in [0.2, 0.25) is 0 Å². The monoisotopic (exact) mass is 296 g/mol. The van der Waals surface area contributed by atoms with E-state index < -0.39 is 11.7 Å². The van der Waals surface area contributed by atoms with Crippen LogP contribution in [0.15, 0.2) is 42.7 Å². The van der Waals surface area contributed by atoms with Crippen molar-refractivity contribution in [2.75, 3.05) is 12.3 Å². The standard InChI is InChI=1S/C15H15F3N2O/c16-15(17,18)12-8-13(19)10-14(9-12)21-7-1-2-11-3-5-20-6-4-11/h3-6,8-10H,1-2,7,19H2. The predicted molar refractivity (Wildman–Crippen MR) is 73.9 cm³/mol. The van der Waals surface area contributed by atoms with E-state index in [1.54, 1.807) is 12.4 Å². The van der Waals surface area contributed by atoms with Gasteiger partial charge in [0.05, 0.1) is 12.2 Å². The molecule has 0 atom stereocenters. The number of halogens is 3. The Bertz CT molecular complexity index is 585. The maximum atomic E-state index is 12.6. The van der Waals surface area contributed by atoms with Gasteiger partial charge in [0.1, 0.15) is 5.75 Å². The number of nitrogens with two attached hydrogens (primary N) is 1. The number of alkyl halides is 3. The molecule has 6 heteroatoms. The van der Waals surface area contributed by atoms with E-state index in [0.29, 0.717) is 13.0 Å². The van der Waals surface area contributed by atoms with Crippen molar-refractivity contribution in [1.29, 1.82) is 0 Å². The van der Waals surface area contributed by atoms with E-state index in [0.717, 1.165) is 24.1 Å². The maximum Gasteiger partial charge on any atom is 0.416 e. The Morgan fingerprint density at radius 1 is 1.10 bits per heavy atom. The van der Waals surface area contributed by atoms with Crippen LogP contribution in [0.3, 0.4) is 0 Å². The number of ether oxygens (including phenoxy) is 1. The number of aryl methyl sites for hydroxylation is 1. The van der Waals surface area contributed by atoms with Crippen LogP contribution in [-0.4, -0.2) is 11.6 Å². The van der Waals surface area contributed by atoms with Crippen molar-refractivity contribution in [2.45, 2.75) is 19.0 Å². The van der Waals surface area contributed by atoms with Crippen molar-refractivity contribution in [3.05, 3.63) is 53.9 Å². The van der Waals surface area contributed by atoms with Gasteiger partial charge in [-0.2, -0.15) is 13.2 Å². The van der Waals surface area contributed by atoms with E-state index in [2.05, 4.69) is 4.98 Å². The molecule has 1 heterocycles. The first kappa shape index (κ1) is 15.2. The average Bonchev–Trinajstić information content (AvgIpc) is 2.43. The highest BCUT2D eigenvalue weighted by Crippen LogP contribution is 2.33. The summed E-state index contributed by atoms with van der Waals surface area (Å²) < 4.78 is 43.3. The second kappa shape index (κ2) is 6.47. The van der Waals surface area contributed by atoms with Gasteiger partial charge >= 0.3 is 6.18 Å². The second-order valence-corrected chi connectivity index (χ2v) is 4.60. The van der Waals surface area contributed by atoms with Crippen molar-refractivity contribution in [2.24, 2.45) is 0 Å². The molecule has 3 nitrogen and oxygen atoms in total. The van der Waals surface area contributed by atoms with Crippen LogP contribution < -0.4 is 10.5 Å². The molecule has 0 saturated carbocycles. The molecule has 0 aliphatic heterocycles. The molecule has 0 spiro atoms. The van der Waals surface area contributed by atoms with E-state index in [9.17, 15) is 13.2 Å². The molecule has 112 valence electrons. The lowest BCUT2D eigenvalue weighted by Gasteiger charge is -2.11. The van der Waals surface area contributed by atoms with Crippen LogP contribution in [0.1, 0.15) is 17.5 Å². The first-order chi connectivity index (χ1) is 9.95. The number of nitrogen functional groups attached to an aromatic ring is 1. The fourth-order valence-corrected chi connectivity index (χ4v) is 1.88. The Balaban J connectivity index is 1.90. The summed E-state index contributed by atoms with van der Waals surface area (Å²) in [6.45, 7) is 0.322. The first-order valence-corrected chi connectivity index (χ1v) is 6.44. The zero-order chi connectivity index (χ0) is 15.3. The minimum Gasteiger partial charge on any atom is -0.493 e. The smallest absolute Gasteiger partial charge is 0.416 e. The summed E-state index contributed by atoms with van der Waals surface area (Å²) in [7, 11) is 0. The summed E-state index contributed by atoms with van der Waals surface area (Å²) in [5, 5.41) is 0. The van der Waals surface area contributed by atoms with Crippen LogP contribution in [0.25, 0.3) is 0 Å². The quantitative estimate of drug-likeness (QED) is 0.676. The lowest BCUT2D eigenvalue weighted by atomic mass is 10.1. The normalized spacial score (nSPS) is 11.4. The molecular weight excluding hydrogens is 281 g/mol. The van der Waals surface area contributed by atoms with Gasteiger partial charge in [-0.05, 0) is 42.7 Å². The summed E-state index contributed by atoms with van der Waals surface area (Å²) in [6.07, 6.45) is 0.440. The van der Waals surface area contributed by atoms with E-state index in [-0.39, 0.29) is 11.4 Å². The van der Waals surface area contributed by atoms with Gasteiger partial charge < -0.3 is 10.5 Å². The van der Waals surface area contributed by atoms with Crippen molar-refractivity contribution in [1.82, 2.24) is 4.98 Å². The number of nitrogens with zero attached hydrogens (tertiary/aromatic N) is 1. The molecule has 0 saturated heterocycles. The van der Waals surface area contributed by atoms with Gasteiger partial charge in [-0.25, -0.2) is 0 Å². The molecule has 0 amide bonds. The van der Waals surface area contributed by atoms with E-state index in [1.807, 2.05) is 12.1 Å². The first-order valence-electron chi connectivity index (χ1n) is 6.44. The number of hydrogen-bond donors (Lipinski definition) is 1. The Morgan fingerprint density at radius 3 is 2.48 bits per heavy atom. The molecular formula is C15H15F3N2O. The molecule has 21 heavy (non-hydrogen) atoms. The van der Waals surface area contributed by atoms with Crippen LogP contribution in [0.4, 0.5) is 18.9 Å². The lowest BCUT2D eigenvalue weighted by Crippen LogP contribution is -2.07. The van der Waals surface area contributed by atoms with Gasteiger partial charge in [-0.15, -0.1) is 0 Å². The summed E-state index contributed by atoms with van der Waals surface area (Å²) >= 11 is 0. The summed E-state index contributed by atoms with van der Waals surface area (Å²) in [4.78, 5) is 3.91. The molecule has 0 aliphatic carbocycles. The molecule has 2 rings (SSSR count). The zero-order valence-corrected chi connectivity index (χ0v) is 11.2. The van der Waals surface area contributed by atoms with Crippen LogP contribution in [0, 0.1) is 0 Å². The zero-order valence-electron chi connectivity index (χ0n) is 11.2. The van der Waals surface area contributed by atoms with E-state index in [4.69, 9.17) is 10.5 Å². The molecule has 2 aromatic rings. The Hall–Kier alpha value is -2.24. The van der Waals surface area contributed by atoms with Crippen molar-refractivity contribution < 1.29 is 17.9 Å². The highest BCUT2D eigenvalue weighted by molar-refractivity contribution is 5.48. The van der Waals surface area contributed by atoms with Gasteiger partial charge in [-0.3, -0.25) is 4.98 Å². The summed E-state index contributed by atoms with van der Waals surface area (Å²) in [5.74, 6) is 0.136. The molecule has 0 bridgehead atoms. The van der Waals surface area contributed by atoms with Gasteiger partial charge in [0.25, 0.3) is 0 Å². The van der Waals surface area contributed by atoms with Gasteiger partial charge in [0.15, 0.2) is 0 Å². The molecule has 1 aromatic heterocycles. The number of hydrogen-bond acceptors (Lipinski definition) is 3. The van der Waals surface area contributed by atoms with E-state index in [1.165, 1.54) is 6.07 Å². The Kier molecular flexibility index (Phi) is 4.67. The minimum atomic E-state index is -4.43. The lowest BCUT2D eigenvalue weighted by molar-refractivity contribution is -0.137. The Labute approximate surface area is 120 Å². The third-order valence-electron chi connectivity index (χ3n) is 2.88. The molecule has 0 radical (unpaired) electrons. The van der Waals surface area contributed by atoms with Crippen molar-refractivity contribution in [3.63, 3.8) is 0 Å². The predicted octanol–water partition coefficient (Wildman–Crippen LogP) is 3.69. The molecule has 0 fully saturated rings. The third-order valence-corrected chi connectivity index (χ3v) is 2.88. The maximum absolute atomic E-state index is 12.6. The Morgan fingerprint density at radius 2 is 1.81 bits per heavy atom. The highest BCUT2D eigenvalue weighted by atomic mass is 19.4. The SMILES string of the molecule is Nc1cc(OCCCc2ccncc2)cc(C(F)(F)F)c1. The fraction of sp³-hybridized carbons (Fsp3) is 0.267. The molecule has 1 aromatic carbocycles. The van der Waals surface area contributed by atoms with Crippen molar-refractivity contribution in [3.8, 4) is 5.75 Å². The van der Waals surface area contributed by atoms with Crippen LogP contribution in [0.5, 0.6) is 5.75 Å². The summed E-state index contributed by atoms with van der Waals surface area (Å²) in [6, 6.07) is 7.03. The van der Waals surface area contributed by atoms with Gasteiger partial charge in [0, 0.05) is 24.1 Å². The highest BCUT2D eigenvalue weighted by Gasteiger charge is 2.31. The molecule has 0 unspecified atom stereocenters. The van der Waals surface area contributed by atoms with Crippen LogP contribution in [-0.2, 0) is 12.6 Å². The fourth-order valence-electron chi connectivity index (χ4n) is 1.88. The topological polar surface area (TPSA) is 48.1 Å². The average molecular weight is 296 g/mol. The number of aromatic nitrogens is 1. The number of anilines is 1. The third kappa shape index (κ3) is 4.66. The van der Waals surface area contributed by atoms with Crippen LogP contribution >= 0.6 is 0 Å². The van der Waals surface area contributed by atoms with Crippen molar-refractivity contribution >= 4 is 5.69 Å². The number of benzene rings is 1. The number of rotatable bonds is 5. The number of pyridine rings is 1. The molecule has 2 N–H and O–H groups in total. The molecule has 0 aliphatic rings. The summed E-state index contributed by atoms with van der Waals surface area (Å²) in [5.41, 5.74) is 5.81. The minimum absolute atomic E-state index is 0.0361. The second-order valence-electron chi connectivity index (χ2n) is 4.60. The largest absolute Gasteiger partial charge is 0.493 e.